The van der Waals surface area contributed by atoms with E-state index in [1.165, 1.54) is 0 Å². The fourth-order valence-electron chi connectivity index (χ4n) is 2.20. The molecule has 0 radical (unpaired) electrons. The minimum absolute atomic E-state index is 0.119. The van der Waals surface area contributed by atoms with Crippen LogP contribution in [-0.4, -0.2) is 23.4 Å². The molecule has 1 atom stereocenters. The van der Waals surface area contributed by atoms with Gasteiger partial charge < -0.3 is 10.1 Å². The molecule has 1 aliphatic rings. The van der Waals surface area contributed by atoms with E-state index in [0.717, 1.165) is 43.0 Å². The summed E-state index contributed by atoms with van der Waals surface area (Å²) in [6.45, 7) is 2.94. The highest BCUT2D eigenvalue weighted by molar-refractivity contribution is 5.22. The Morgan fingerprint density at radius 1 is 1.59 bits per heavy atom. The van der Waals surface area contributed by atoms with Crippen LogP contribution in [0.5, 0.6) is 0 Å². The van der Waals surface area contributed by atoms with Crippen molar-refractivity contribution >= 4 is 0 Å². The number of nitrogens with zero attached hydrogens (tertiary/aromatic N) is 2. The summed E-state index contributed by atoms with van der Waals surface area (Å²) in [5.74, 6) is 1.03. The number of aryl methyl sites for hydroxylation is 2. The van der Waals surface area contributed by atoms with E-state index in [2.05, 4.69) is 29.5 Å². The molecule has 4 heteroatoms. The zero-order chi connectivity index (χ0) is 12.3. The summed E-state index contributed by atoms with van der Waals surface area (Å²) >= 11 is 0. The molecule has 0 amide bonds. The fourth-order valence-corrected chi connectivity index (χ4v) is 2.20. The van der Waals surface area contributed by atoms with Gasteiger partial charge in [0.2, 0.25) is 0 Å². The zero-order valence-electron chi connectivity index (χ0n) is 10.9. The van der Waals surface area contributed by atoms with Gasteiger partial charge in [0.05, 0.1) is 18.0 Å². The minimum Gasteiger partial charge on any atom is -0.496 e. The Kier molecular flexibility index (Phi) is 3.84. The number of ether oxygens (including phenoxy) is 1. The third-order valence-electron chi connectivity index (χ3n) is 3.16. The average Bonchev–Trinajstić information content (AvgIpc) is 2.73. The van der Waals surface area contributed by atoms with Crippen LogP contribution in [0, 0.1) is 0 Å². The number of allylic oxidation sites excluding steroid dienone is 1. The molecule has 2 heterocycles. The highest BCUT2D eigenvalue weighted by Crippen LogP contribution is 2.26. The Morgan fingerprint density at radius 3 is 2.94 bits per heavy atom. The van der Waals surface area contributed by atoms with Crippen molar-refractivity contribution in [2.75, 3.05) is 13.7 Å². The van der Waals surface area contributed by atoms with Crippen molar-refractivity contribution in [3.63, 3.8) is 0 Å². The molecule has 1 aromatic rings. The van der Waals surface area contributed by atoms with Gasteiger partial charge in [-0.3, -0.25) is 4.68 Å². The first kappa shape index (κ1) is 12.2. The largest absolute Gasteiger partial charge is 0.496 e. The van der Waals surface area contributed by atoms with Gasteiger partial charge in [0, 0.05) is 7.05 Å². The molecule has 4 nitrogen and oxygen atoms in total. The van der Waals surface area contributed by atoms with Crippen LogP contribution in [0.1, 0.15) is 37.2 Å². The summed E-state index contributed by atoms with van der Waals surface area (Å²) in [7, 11) is 3.95. The molecule has 1 aromatic heterocycles. The second kappa shape index (κ2) is 5.36. The number of likely N-dealkylation sites (N-methyl/N-ethyl adjacent to an activating group) is 1. The van der Waals surface area contributed by atoms with Crippen LogP contribution in [-0.2, 0) is 18.2 Å². The molecule has 0 bridgehead atoms. The Morgan fingerprint density at radius 2 is 2.41 bits per heavy atom. The predicted molar refractivity (Wildman–Crippen MR) is 67.7 cm³/mol. The van der Waals surface area contributed by atoms with Crippen LogP contribution in [0.2, 0.25) is 0 Å². The molecule has 94 valence electrons. The Bertz CT molecular complexity index is 409. The standard InChI is InChI=1S/C13H21N3O/c1-4-10-9-11(16(3)15-10)13(14-2)12-7-5-6-8-17-12/h7,9,13-14H,4-6,8H2,1-3H3. The number of hydrogen-bond donors (Lipinski definition) is 1. The lowest BCUT2D eigenvalue weighted by Gasteiger charge is -2.23. The van der Waals surface area contributed by atoms with E-state index in [1.807, 2.05) is 18.8 Å². The Labute approximate surface area is 103 Å². The number of aromatic nitrogens is 2. The highest BCUT2D eigenvalue weighted by Gasteiger charge is 2.21. The summed E-state index contributed by atoms with van der Waals surface area (Å²) in [4.78, 5) is 0. The quantitative estimate of drug-likeness (QED) is 0.867. The molecule has 0 aliphatic carbocycles. The lowest BCUT2D eigenvalue weighted by Crippen LogP contribution is -2.24. The highest BCUT2D eigenvalue weighted by atomic mass is 16.5. The van der Waals surface area contributed by atoms with Crippen molar-refractivity contribution < 1.29 is 4.74 Å². The van der Waals surface area contributed by atoms with Gasteiger partial charge in [-0.15, -0.1) is 0 Å². The normalized spacial score (nSPS) is 17.5. The lowest BCUT2D eigenvalue weighted by atomic mass is 10.1. The molecule has 1 aliphatic heterocycles. The molecule has 17 heavy (non-hydrogen) atoms. The molecule has 1 N–H and O–H groups in total. The van der Waals surface area contributed by atoms with Crippen molar-refractivity contribution in [1.82, 2.24) is 15.1 Å². The molecule has 0 aromatic carbocycles. The fraction of sp³-hybridized carbons (Fsp3) is 0.615. The molecular weight excluding hydrogens is 214 g/mol. The van der Waals surface area contributed by atoms with E-state index < -0.39 is 0 Å². The van der Waals surface area contributed by atoms with Gasteiger partial charge in [-0.05, 0) is 38.5 Å². The monoisotopic (exact) mass is 235 g/mol. The van der Waals surface area contributed by atoms with Gasteiger partial charge in [-0.2, -0.15) is 5.10 Å². The second-order valence-corrected chi connectivity index (χ2v) is 4.36. The van der Waals surface area contributed by atoms with Crippen LogP contribution in [0.15, 0.2) is 17.9 Å². The first-order valence-electron chi connectivity index (χ1n) is 6.29. The lowest BCUT2D eigenvalue weighted by molar-refractivity contribution is 0.168. The maximum atomic E-state index is 5.74. The molecule has 1 unspecified atom stereocenters. The van der Waals surface area contributed by atoms with Crippen LogP contribution < -0.4 is 5.32 Å². The molecule has 2 rings (SSSR count). The number of hydrogen-bond acceptors (Lipinski definition) is 3. The van der Waals surface area contributed by atoms with Gasteiger partial charge in [-0.1, -0.05) is 6.92 Å². The topological polar surface area (TPSA) is 39.1 Å². The smallest absolute Gasteiger partial charge is 0.115 e. The van der Waals surface area contributed by atoms with Crippen LogP contribution in [0.4, 0.5) is 0 Å². The summed E-state index contributed by atoms with van der Waals surface area (Å²) in [5, 5.41) is 7.80. The summed E-state index contributed by atoms with van der Waals surface area (Å²) < 4.78 is 7.68. The molecular formula is C13H21N3O. The van der Waals surface area contributed by atoms with Crippen molar-refractivity contribution in [3.05, 3.63) is 29.3 Å². The van der Waals surface area contributed by atoms with Gasteiger partial charge in [0.15, 0.2) is 0 Å². The van der Waals surface area contributed by atoms with Gasteiger partial charge in [-0.25, -0.2) is 0 Å². The van der Waals surface area contributed by atoms with E-state index >= 15 is 0 Å². The Balaban J connectivity index is 2.27. The minimum atomic E-state index is 0.119. The van der Waals surface area contributed by atoms with Gasteiger partial charge in [0.25, 0.3) is 0 Å². The van der Waals surface area contributed by atoms with Crippen LogP contribution >= 0.6 is 0 Å². The summed E-state index contributed by atoms with van der Waals surface area (Å²) in [6.07, 6.45) is 5.37. The van der Waals surface area contributed by atoms with Crippen LogP contribution in [0.25, 0.3) is 0 Å². The van der Waals surface area contributed by atoms with E-state index in [0.29, 0.717) is 0 Å². The summed E-state index contributed by atoms with van der Waals surface area (Å²) in [6, 6.07) is 2.27. The van der Waals surface area contributed by atoms with Crippen molar-refractivity contribution in [3.8, 4) is 0 Å². The van der Waals surface area contributed by atoms with Gasteiger partial charge >= 0.3 is 0 Å². The summed E-state index contributed by atoms with van der Waals surface area (Å²) in [5.41, 5.74) is 2.29. The molecule has 0 saturated carbocycles. The van der Waals surface area contributed by atoms with Crippen molar-refractivity contribution in [2.45, 2.75) is 32.2 Å². The third kappa shape index (κ3) is 2.52. The maximum absolute atomic E-state index is 5.74. The van der Waals surface area contributed by atoms with E-state index in [1.54, 1.807) is 0 Å². The first-order valence-corrected chi connectivity index (χ1v) is 6.29. The maximum Gasteiger partial charge on any atom is 0.115 e. The van der Waals surface area contributed by atoms with E-state index in [9.17, 15) is 0 Å². The van der Waals surface area contributed by atoms with Crippen molar-refractivity contribution in [2.24, 2.45) is 7.05 Å². The first-order chi connectivity index (χ1) is 8.26. The second-order valence-electron chi connectivity index (χ2n) is 4.36. The third-order valence-corrected chi connectivity index (χ3v) is 3.16. The van der Waals surface area contributed by atoms with E-state index in [4.69, 9.17) is 4.74 Å². The van der Waals surface area contributed by atoms with E-state index in [-0.39, 0.29) is 6.04 Å². The zero-order valence-corrected chi connectivity index (χ0v) is 10.9. The molecule has 0 fully saturated rings. The number of rotatable bonds is 4. The average molecular weight is 235 g/mol. The van der Waals surface area contributed by atoms with Crippen molar-refractivity contribution in [1.29, 1.82) is 0 Å². The predicted octanol–water partition coefficient (Wildman–Crippen LogP) is 1.94. The SMILES string of the molecule is CCc1cc(C(NC)C2=CCCCO2)n(C)n1. The number of nitrogens with one attached hydrogen (secondary N) is 1. The van der Waals surface area contributed by atoms with Gasteiger partial charge in [0.1, 0.15) is 11.8 Å². The van der Waals surface area contributed by atoms with Crippen LogP contribution in [0.3, 0.4) is 0 Å². The molecule has 0 spiro atoms. The Hall–Kier alpha value is -1.29. The molecule has 0 saturated heterocycles.